The molecule has 0 amide bonds. The molecule has 59 heavy (non-hydrogen) atoms. The molecule has 0 aromatic heterocycles. The van der Waals surface area contributed by atoms with E-state index in [1.165, 1.54) is 167 Å². The maximum Gasteiger partial charge on any atom is 0.306 e. The Labute approximate surface area is 366 Å². The van der Waals surface area contributed by atoms with Crippen molar-refractivity contribution in [2.24, 2.45) is 0 Å². The van der Waals surface area contributed by atoms with E-state index in [2.05, 4.69) is 45.1 Å². The van der Waals surface area contributed by atoms with Gasteiger partial charge in [0.15, 0.2) is 6.10 Å². The third kappa shape index (κ3) is 46.8. The summed E-state index contributed by atoms with van der Waals surface area (Å²) in [7, 11) is 0. The van der Waals surface area contributed by atoms with Crippen LogP contribution in [0.4, 0.5) is 0 Å². The van der Waals surface area contributed by atoms with E-state index >= 15 is 0 Å². The van der Waals surface area contributed by atoms with Crippen LogP contribution in [0.15, 0.2) is 24.3 Å². The lowest BCUT2D eigenvalue weighted by molar-refractivity contribution is -0.167. The first-order chi connectivity index (χ1) is 29.0. The number of allylic oxidation sites excluding steroid dienone is 4. The molecule has 0 aromatic rings. The molecule has 0 aliphatic rings. The van der Waals surface area contributed by atoms with Crippen LogP contribution in [0.3, 0.4) is 0 Å². The minimum absolute atomic E-state index is 0.0748. The Balaban J connectivity index is 4.34. The molecule has 0 aliphatic heterocycles. The fourth-order valence-electron chi connectivity index (χ4n) is 7.49. The van der Waals surface area contributed by atoms with Crippen molar-refractivity contribution in [1.82, 2.24) is 0 Å². The van der Waals surface area contributed by atoms with Gasteiger partial charge in [-0.15, -0.1) is 0 Å². The van der Waals surface area contributed by atoms with Crippen LogP contribution in [0.1, 0.15) is 278 Å². The number of carbonyl (C=O) groups is 3. The van der Waals surface area contributed by atoms with E-state index in [9.17, 15) is 14.4 Å². The quantitative estimate of drug-likeness (QED) is 0.0263. The summed E-state index contributed by atoms with van der Waals surface area (Å²) in [5, 5.41) is 0. The van der Waals surface area contributed by atoms with Crippen LogP contribution in [0, 0.1) is 0 Å². The van der Waals surface area contributed by atoms with Crippen LogP contribution in [-0.4, -0.2) is 37.2 Å². The predicted molar refractivity (Wildman–Crippen MR) is 252 cm³/mol. The number of rotatable bonds is 47. The highest BCUT2D eigenvalue weighted by molar-refractivity contribution is 5.71. The first kappa shape index (κ1) is 56.9. The summed E-state index contributed by atoms with van der Waals surface area (Å²) in [6.45, 7) is 6.63. The van der Waals surface area contributed by atoms with Crippen molar-refractivity contribution < 1.29 is 28.6 Å². The van der Waals surface area contributed by atoms with Gasteiger partial charge in [0, 0.05) is 19.3 Å². The van der Waals surface area contributed by atoms with Crippen molar-refractivity contribution in [2.75, 3.05) is 13.2 Å². The van der Waals surface area contributed by atoms with Gasteiger partial charge in [0.05, 0.1) is 0 Å². The molecule has 0 radical (unpaired) electrons. The van der Waals surface area contributed by atoms with Gasteiger partial charge >= 0.3 is 17.9 Å². The van der Waals surface area contributed by atoms with Crippen molar-refractivity contribution in [2.45, 2.75) is 284 Å². The maximum atomic E-state index is 12.7. The zero-order valence-electron chi connectivity index (χ0n) is 39.5. The van der Waals surface area contributed by atoms with Crippen molar-refractivity contribution in [3.8, 4) is 0 Å². The third-order valence-corrected chi connectivity index (χ3v) is 11.4. The molecule has 0 heterocycles. The second-order valence-electron chi connectivity index (χ2n) is 17.4. The molecule has 0 aliphatic carbocycles. The molecule has 6 nitrogen and oxygen atoms in total. The third-order valence-electron chi connectivity index (χ3n) is 11.4. The monoisotopic (exact) mass is 831 g/mol. The number of esters is 3. The minimum atomic E-state index is -0.772. The summed E-state index contributed by atoms with van der Waals surface area (Å²) in [6, 6.07) is 0. The van der Waals surface area contributed by atoms with E-state index in [0.717, 1.165) is 70.6 Å². The molecule has 0 saturated heterocycles. The SMILES string of the molecule is CCCCCCCC/C=C/CCCCCCCC(=O)OCC(COC(=O)CCCCCCC/C=C/CCCCCCCC)OC(=O)CCCCCCCCCCCCC. The molecule has 0 rings (SSSR count). The van der Waals surface area contributed by atoms with Gasteiger partial charge in [-0.2, -0.15) is 0 Å². The van der Waals surface area contributed by atoms with Crippen LogP contribution in [-0.2, 0) is 28.6 Å². The zero-order valence-corrected chi connectivity index (χ0v) is 39.5. The summed E-state index contributed by atoms with van der Waals surface area (Å²) in [5.74, 6) is -0.880. The smallest absolute Gasteiger partial charge is 0.306 e. The second kappa shape index (κ2) is 48.6. The maximum absolute atomic E-state index is 12.7. The largest absolute Gasteiger partial charge is 0.462 e. The Bertz CT molecular complexity index is 902. The normalized spacial score (nSPS) is 11.7. The van der Waals surface area contributed by atoms with Crippen LogP contribution in [0.25, 0.3) is 0 Å². The van der Waals surface area contributed by atoms with Gasteiger partial charge in [0.2, 0.25) is 0 Å². The molecule has 0 spiro atoms. The number of unbranched alkanes of at least 4 members (excludes halogenated alkanes) is 32. The lowest BCUT2D eigenvalue weighted by Gasteiger charge is -2.18. The average molecular weight is 831 g/mol. The van der Waals surface area contributed by atoms with Gasteiger partial charge < -0.3 is 14.2 Å². The van der Waals surface area contributed by atoms with Gasteiger partial charge in [-0.3, -0.25) is 14.4 Å². The van der Waals surface area contributed by atoms with E-state index < -0.39 is 6.10 Å². The lowest BCUT2D eigenvalue weighted by Crippen LogP contribution is -2.30. The Kier molecular flexibility index (Phi) is 46.8. The van der Waals surface area contributed by atoms with Crippen LogP contribution < -0.4 is 0 Å². The summed E-state index contributed by atoms with van der Waals surface area (Å²) in [5.41, 5.74) is 0. The van der Waals surface area contributed by atoms with E-state index in [1.807, 2.05) is 0 Å². The van der Waals surface area contributed by atoms with Crippen molar-refractivity contribution in [3.63, 3.8) is 0 Å². The molecule has 0 aromatic carbocycles. The van der Waals surface area contributed by atoms with Crippen LogP contribution >= 0.6 is 0 Å². The summed E-state index contributed by atoms with van der Waals surface area (Å²) in [6.07, 6.45) is 54.4. The van der Waals surface area contributed by atoms with Gasteiger partial charge in [0.1, 0.15) is 13.2 Å². The van der Waals surface area contributed by atoms with Gasteiger partial charge in [-0.05, 0) is 70.6 Å². The molecule has 0 atom stereocenters. The average Bonchev–Trinajstić information content (AvgIpc) is 3.23. The Morgan fingerprint density at radius 1 is 0.322 bits per heavy atom. The van der Waals surface area contributed by atoms with Gasteiger partial charge in [-0.1, -0.05) is 212 Å². The van der Waals surface area contributed by atoms with E-state index in [0.29, 0.717) is 19.3 Å². The second-order valence-corrected chi connectivity index (χ2v) is 17.4. The highest BCUT2D eigenvalue weighted by atomic mass is 16.6. The molecule has 0 saturated carbocycles. The highest BCUT2D eigenvalue weighted by Gasteiger charge is 2.19. The van der Waals surface area contributed by atoms with E-state index in [1.54, 1.807) is 0 Å². The zero-order chi connectivity index (χ0) is 43.0. The van der Waals surface area contributed by atoms with Crippen LogP contribution in [0.5, 0.6) is 0 Å². The first-order valence-electron chi connectivity index (χ1n) is 25.8. The summed E-state index contributed by atoms with van der Waals surface area (Å²) < 4.78 is 16.8. The fraction of sp³-hybridized carbons (Fsp3) is 0.868. The first-order valence-corrected chi connectivity index (χ1v) is 25.8. The summed E-state index contributed by atoms with van der Waals surface area (Å²) >= 11 is 0. The van der Waals surface area contributed by atoms with Gasteiger partial charge in [-0.25, -0.2) is 0 Å². The Morgan fingerprint density at radius 2 is 0.559 bits per heavy atom. The molecular weight excluding hydrogens is 733 g/mol. The minimum Gasteiger partial charge on any atom is -0.462 e. The lowest BCUT2D eigenvalue weighted by atomic mass is 10.1. The summed E-state index contributed by atoms with van der Waals surface area (Å²) in [4.78, 5) is 37.9. The number of hydrogen-bond donors (Lipinski definition) is 0. The van der Waals surface area contributed by atoms with Crippen molar-refractivity contribution >= 4 is 17.9 Å². The molecule has 0 N–H and O–H groups in total. The number of hydrogen-bond acceptors (Lipinski definition) is 6. The van der Waals surface area contributed by atoms with E-state index in [-0.39, 0.29) is 31.1 Å². The number of ether oxygens (including phenoxy) is 3. The van der Waals surface area contributed by atoms with Crippen molar-refractivity contribution in [1.29, 1.82) is 0 Å². The molecule has 0 unspecified atom stereocenters. The molecule has 0 fully saturated rings. The van der Waals surface area contributed by atoms with E-state index in [4.69, 9.17) is 14.2 Å². The fourth-order valence-corrected chi connectivity index (χ4v) is 7.49. The molecular formula is C53H98O6. The standard InChI is InChI=1S/C53H98O6/c1-4-7-10-13-16-19-22-24-26-28-31-33-36-39-42-45-51(54)57-48-50(59-53(56)47-44-41-38-35-30-21-18-15-12-9-6-3)49-58-52(55)46-43-40-37-34-32-29-27-25-23-20-17-14-11-8-5-2/h24-27,50H,4-23,28-49H2,1-3H3/b26-24+,27-25+. The molecule has 346 valence electrons. The highest BCUT2D eigenvalue weighted by Crippen LogP contribution is 2.15. The van der Waals surface area contributed by atoms with Crippen molar-refractivity contribution in [3.05, 3.63) is 24.3 Å². The number of carbonyl (C=O) groups excluding carboxylic acids is 3. The Morgan fingerprint density at radius 3 is 0.847 bits per heavy atom. The topological polar surface area (TPSA) is 78.9 Å². The van der Waals surface area contributed by atoms with Crippen LogP contribution in [0.2, 0.25) is 0 Å². The molecule has 6 heteroatoms. The molecule has 0 bridgehead atoms. The Hall–Kier alpha value is -2.11. The van der Waals surface area contributed by atoms with Gasteiger partial charge in [0.25, 0.3) is 0 Å². The predicted octanol–water partition coefficient (Wildman–Crippen LogP) is 16.8.